The van der Waals surface area contributed by atoms with Crippen molar-refractivity contribution in [2.24, 2.45) is 17.3 Å². The van der Waals surface area contributed by atoms with Gasteiger partial charge < -0.3 is 24.7 Å². The molecule has 4 heterocycles. The van der Waals surface area contributed by atoms with E-state index in [1.54, 1.807) is 35.5 Å². The van der Waals surface area contributed by atoms with E-state index in [4.69, 9.17) is 9.47 Å². The Morgan fingerprint density at radius 3 is 2.67 bits per heavy atom. The number of nitro groups is 1. The number of nitrogens with zero attached hydrogens (tertiary/aromatic N) is 4. The average Bonchev–Trinajstić information content (AvgIpc) is 3.69. The first-order chi connectivity index (χ1) is 28.0. The molecule has 2 aromatic heterocycles. The highest BCUT2D eigenvalue weighted by molar-refractivity contribution is 7.98. The van der Waals surface area contributed by atoms with Crippen LogP contribution in [-0.2, 0) is 4.74 Å². The molecule has 1 aliphatic carbocycles. The fourth-order valence-electron chi connectivity index (χ4n) is 8.39. The molecule has 0 unspecified atom stereocenters. The molecule has 3 N–H and O–H groups in total. The Hall–Kier alpha value is -4.59. The maximum atomic E-state index is 13.8. The molecule has 1 amide bonds. The predicted molar refractivity (Wildman–Crippen MR) is 233 cm³/mol. The number of nitro benzene ring substituents is 1. The molecule has 13 heteroatoms. The SMILES string of the molecule is CC(C)CCCC1=C(CN2CCN(c3ccc(C(=O)NSc4ccc(NCC5CCOCC5)c([N+](=O)[O-])c4)c(Oc4cnc5[nH]ccc5c4)c3)CC2)CCC(C)(C)C1. The van der Waals surface area contributed by atoms with Crippen molar-refractivity contribution in [3.8, 4) is 11.5 Å². The largest absolute Gasteiger partial charge is 0.455 e. The van der Waals surface area contributed by atoms with Crippen LogP contribution in [0.1, 0.15) is 89.4 Å². The number of rotatable bonds is 16. The van der Waals surface area contributed by atoms with Gasteiger partial charge in [-0.2, -0.15) is 0 Å². The second kappa shape index (κ2) is 19.0. The number of carbonyl (C=O) groups excluding carboxylic acids is 1. The fraction of sp³-hybridized carbons (Fsp3) is 0.511. The number of aromatic nitrogens is 2. The number of fused-ring (bicyclic) bond motifs is 1. The van der Waals surface area contributed by atoms with Crippen molar-refractivity contribution in [3.63, 3.8) is 0 Å². The number of ether oxygens (including phenoxy) is 2. The number of allylic oxidation sites excluding steroid dienone is 1. The van der Waals surface area contributed by atoms with E-state index in [2.05, 4.69) is 57.5 Å². The summed E-state index contributed by atoms with van der Waals surface area (Å²) in [5.74, 6) is 1.71. The third-order valence-electron chi connectivity index (χ3n) is 11.9. The molecule has 2 aliphatic heterocycles. The van der Waals surface area contributed by atoms with Gasteiger partial charge in [0.25, 0.3) is 11.6 Å². The average molecular weight is 810 g/mol. The summed E-state index contributed by atoms with van der Waals surface area (Å²) in [5.41, 5.74) is 6.28. The molecule has 2 aromatic carbocycles. The maximum absolute atomic E-state index is 13.8. The van der Waals surface area contributed by atoms with Crippen molar-refractivity contribution in [2.45, 2.75) is 84.0 Å². The van der Waals surface area contributed by atoms with E-state index in [0.29, 0.717) is 58.7 Å². The Balaban J connectivity index is 1.03. The number of aromatic amines is 1. The number of H-pyrrole nitrogens is 1. The maximum Gasteiger partial charge on any atom is 0.293 e. The number of nitrogens with one attached hydrogen (secondary N) is 3. The third-order valence-corrected chi connectivity index (χ3v) is 12.6. The number of carbonyl (C=O) groups is 1. The van der Waals surface area contributed by atoms with E-state index >= 15 is 0 Å². The Morgan fingerprint density at radius 1 is 1.09 bits per heavy atom. The molecule has 58 heavy (non-hydrogen) atoms. The minimum absolute atomic E-state index is 0.0334. The topological polar surface area (TPSA) is 138 Å². The summed E-state index contributed by atoms with van der Waals surface area (Å²) in [4.78, 5) is 38.6. The number of hydrogen-bond donors (Lipinski definition) is 3. The first-order valence-electron chi connectivity index (χ1n) is 21.0. The van der Waals surface area contributed by atoms with Gasteiger partial charge in [-0.15, -0.1) is 0 Å². The molecule has 12 nitrogen and oxygen atoms in total. The van der Waals surface area contributed by atoms with Gasteiger partial charge in [0.1, 0.15) is 22.8 Å². The molecular formula is C45H59N7O5S. The monoisotopic (exact) mass is 809 g/mol. The van der Waals surface area contributed by atoms with Crippen LogP contribution in [-0.4, -0.2) is 78.2 Å². The van der Waals surface area contributed by atoms with Gasteiger partial charge in [0, 0.05) is 86.8 Å². The van der Waals surface area contributed by atoms with E-state index in [1.807, 2.05) is 30.5 Å². The van der Waals surface area contributed by atoms with Crippen molar-refractivity contribution in [1.82, 2.24) is 19.6 Å². The van der Waals surface area contributed by atoms with Crippen molar-refractivity contribution in [2.75, 3.05) is 62.7 Å². The van der Waals surface area contributed by atoms with Gasteiger partial charge in [-0.05, 0) is 111 Å². The number of hydrogen-bond acceptors (Lipinski definition) is 10. The van der Waals surface area contributed by atoms with Crippen LogP contribution in [0.15, 0.2) is 77.0 Å². The van der Waals surface area contributed by atoms with Crippen LogP contribution < -0.4 is 19.7 Å². The van der Waals surface area contributed by atoms with E-state index < -0.39 is 4.92 Å². The third kappa shape index (κ3) is 10.9. The Morgan fingerprint density at radius 2 is 1.90 bits per heavy atom. The molecule has 4 aromatic rings. The lowest BCUT2D eigenvalue weighted by Gasteiger charge is -2.39. The number of anilines is 2. The molecule has 0 spiro atoms. The molecule has 0 saturated carbocycles. The van der Waals surface area contributed by atoms with Crippen LogP contribution in [0.4, 0.5) is 17.1 Å². The number of benzene rings is 2. The molecule has 7 rings (SSSR count). The zero-order valence-corrected chi connectivity index (χ0v) is 35.3. The lowest BCUT2D eigenvalue weighted by Crippen LogP contribution is -2.47. The predicted octanol–water partition coefficient (Wildman–Crippen LogP) is 9.99. The zero-order chi connectivity index (χ0) is 40.6. The van der Waals surface area contributed by atoms with Crippen LogP contribution in [0.25, 0.3) is 11.0 Å². The minimum atomic E-state index is -0.391. The summed E-state index contributed by atoms with van der Waals surface area (Å²) in [6.07, 6.45) is 12.8. The highest BCUT2D eigenvalue weighted by Gasteiger charge is 2.29. The van der Waals surface area contributed by atoms with E-state index in [1.165, 1.54) is 44.6 Å². The molecule has 0 radical (unpaired) electrons. The van der Waals surface area contributed by atoms with Crippen molar-refractivity contribution >= 4 is 46.0 Å². The number of pyridine rings is 1. The molecule has 0 atom stereocenters. The summed E-state index contributed by atoms with van der Waals surface area (Å²) >= 11 is 1.04. The van der Waals surface area contributed by atoms with Crippen LogP contribution in [0.5, 0.6) is 11.5 Å². The highest BCUT2D eigenvalue weighted by atomic mass is 32.2. The van der Waals surface area contributed by atoms with Gasteiger partial charge in [-0.25, -0.2) is 4.98 Å². The summed E-state index contributed by atoms with van der Waals surface area (Å²) in [5, 5.41) is 16.2. The van der Waals surface area contributed by atoms with Gasteiger partial charge in [0.2, 0.25) is 0 Å². The van der Waals surface area contributed by atoms with Crippen LogP contribution in [0, 0.1) is 27.4 Å². The first-order valence-corrected chi connectivity index (χ1v) is 21.8. The zero-order valence-electron chi connectivity index (χ0n) is 34.5. The normalized spacial score (nSPS) is 17.8. The highest BCUT2D eigenvalue weighted by Crippen LogP contribution is 2.41. The Bertz CT molecular complexity index is 2080. The molecule has 2 saturated heterocycles. The van der Waals surface area contributed by atoms with Crippen molar-refractivity contribution in [3.05, 3.63) is 87.7 Å². The van der Waals surface area contributed by atoms with Gasteiger partial charge in [-0.3, -0.25) is 24.5 Å². The van der Waals surface area contributed by atoms with Crippen LogP contribution >= 0.6 is 11.9 Å². The van der Waals surface area contributed by atoms with E-state index in [-0.39, 0.29) is 11.6 Å². The van der Waals surface area contributed by atoms with E-state index in [9.17, 15) is 14.9 Å². The van der Waals surface area contributed by atoms with Gasteiger partial charge >= 0.3 is 0 Å². The summed E-state index contributed by atoms with van der Waals surface area (Å²) in [7, 11) is 0. The molecular weight excluding hydrogens is 751 g/mol. The van der Waals surface area contributed by atoms with Crippen molar-refractivity contribution in [1.29, 1.82) is 0 Å². The molecule has 0 bridgehead atoms. The fourth-order valence-corrected chi connectivity index (χ4v) is 9.02. The van der Waals surface area contributed by atoms with Crippen LogP contribution in [0.3, 0.4) is 0 Å². The smallest absolute Gasteiger partial charge is 0.293 e. The lowest BCUT2D eigenvalue weighted by molar-refractivity contribution is -0.384. The van der Waals surface area contributed by atoms with Crippen molar-refractivity contribution < 1.29 is 19.2 Å². The van der Waals surface area contributed by atoms with Gasteiger partial charge in [-0.1, -0.05) is 45.3 Å². The number of piperazine rings is 1. The van der Waals surface area contributed by atoms with Crippen LogP contribution in [0.2, 0.25) is 0 Å². The Labute approximate surface area is 346 Å². The summed E-state index contributed by atoms with van der Waals surface area (Å²) in [6, 6.07) is 14.5. The molecule has 3 aliphatic rings. The quantitative estimate of drug-likeness (QED) is 0.0434. The van der Waals surface area contributed by atoms with Gasteiger partial charge in [0.15, 0.2) is 0 Å². The van der Waals surface area contributed by atoms with Gasteiger partial charge in [0.05, 0.1) is 16.7 Å². The first kappa shape index (κ1) is 41.6. The second-order valence-corrected chi connectivity index (χ2v) is 18.3. The standard InChI is InChI=1S/C45H59N7O5S/c1-31(2)6-5-7-34-27-45(3,4)16-12-35(34)30-50-18-20-51(21-19-50)36-8-10-39(42(25-36)57-37-24-33-13-17-46-43(33)48-29-37)44(53)49-58-38-9-11-40(41(26-38)52(54)55)47-28-32-14-22-56-23-15-32/h8-11,13,17,24-26,29,31-32,47H,5-7,12,14-16,18-23,27-28,30H2,1-4H3,(H,46,48)(H,49,53). The lowest BCUT2D eigenvalue weighted by atomic mass is 9.73. The molecule has 310 valence electrons. The summed E-state index contributed by atoms with van der Waals surface area (Å²) in [6.45, 7) is 16.3. The summed E-state index contributed by atoms with van der Waals surface area (Å²) < 4.78 is 14.8. The Kier molecular flexibility index (Phi) is 13.6. The second-order valence-electron chi connectivity index (χ2n) is 17.4. The van der Waals surface area contributed by atoms with E-state index in [0.717, 1.165) is 80.2 Å². The number of amides is 1. The molecule has 2 fully saturated rings. The minimum Gasteiger partial charge on any atom is -0.455 e.